The van der Waals surface area contributed by atoms with Gasteiger partial charge in [0.2, 0.25) is 70.5 Å². The molecule has 1 aromatic heterocycles. The maximum Gasteiger partial charge on any atom is 0.250 e. The fraction of sp³-hybridized carbons (Fsp3) is 0.699. The highest BCUT2D eigenvalue weighted by Gasteiger charge is 2.49. The zero-order valence-corrected chi connectivity index (χ0v) is 64.7. The maximum absolute atomic E-state index is 15.7. The van der Waals surface area contributed by atoms with Gasteiger partial charge in [-0.3, -0.25) is 57.5 Å². The van der Waals surface area contributed by atoms with Crippen molar-refractivity contribution in [2.45, 2.75) is 233 Å². The number of nitrogens with zero attached hydrogens (tertiary/aromatic N) is 8. The molecule has 2 aromatic rings. The van der Waals surface area contributed by atoms with E-state index in [4.69, 9.17) is 9.47 Å². The number of hydrogen-bond donors (Lipinski definition) is 4. The van der Waals surface area contributed by atoms with Crippen molar-refractivity contribution >= 4 is 76.7 Å². The quantitative estimate of drug-likeness (QED) is 0.160. The van der Waals surface area contributed by atoms with Crippen LogP contribution in [0.15, 0.2) is 52.3 Å². The van der Waals surface area contributed by atoms with E-state index in [2.05, 4.69) is 21.3 Å². The Kier molecular flexibility index (Phi) is 32.2. The summed E-state index contributed by atoms with van der Waals surface area (Å²) in [4.78, 5) is 185. The molecule has 100 heavy (non-hydrogen) atoms. The number of aryl methyl sites for hydroxylation is 1. The van der Waals surface area contributed by atoms with Gasteiger partial charge in [-0.2, -0.15) is 0 Å². The molecule has 1 aromatic carbocycles. The molecule has 11 amide bonds. The number of thioether (sulfide) groups is 1. The first-order chi connectivity index (χ1) is 46.5. The molecule has 2 aliphatic rings. The van der Waals surface area contributed by atoms with E-state index in [0.29, 0.717) is 12.2 Å². The smallest absolute Gasteiger partial charge is 0.250 e. The monoisotopic (exact) mass is 1420 g/mol. The van der Waals surface area contributed by atoms with Crippen LogP contribution < -0.4 is 31.6 Å². The van der Waals surface area contributed by atoms with Gasteiger partial charge in [-0.1, -0.05) is 115 Å². The Morgan fingerprint density at radius 2 is 1.03 bits per heavy atom. The molecule has 2 aliphatic heterocycles. The molecule has 0 bridgehead atoms. The van der Waals surface area contributed by atoms with Crippen LogP contribution in [0.4, 0.5) is 0 Å². The number of likely N-dealkylation sites (N-methyl/N-ethyl adjacent to an activating group) is 7. The topological polar surface area (TPSA) is 299 Å². The molecule has 26 nitrogen and oxygen atoms in total. The molecule has 0 unspecified atom stereocenters. The number of carbonyl (C=O) groups excluding carboxylic acids is 11. The second kappa shape index (κ2) is 37.9. The number of aromatic nitrogens is 1. The van der Waals surface area contributed by atoms with Crippen LogP contribution in [0.1, 0.15) is 155 Å². The first-order valence-corrected chi connectivity index (χ1v) is 36.2. The van der Waals surface area contributed by atoms with E-state index in [1.54, 1.807) is 60.0 Å². The fourth-order valence-corrected chi connectivity index (χ4v) is 14.1. The van der Waals surface area contributed by atoms with Crippen LogP contribution in [0.2, 0.25) is 0 Å². The summed E-state index contributed by atoms with van der Waals surface area (Å²) in [7, 11) is 11.8. The molecule has 2 fully saturated rings. The first kappa shape index (κ1) is 84.9. The lowest BCUT2D eigenvalue weighted by molar-refractivity contribution is -0.157. The first-order valence-electron chi connectivity index (χ1n) is 35.3. The summed E-state index contributed by atoms with van der Waals surface area (Å²) in [5.41, 5.74) is 0.0687. The van der Waals surface area contributed by atoms with Gasteiger partial charge in [0.15, 0.2) is 0 Å². The number of benzene rings is 1. The summed E-state index contributed by atoms with van der Waals surface area (Å²) in [6.45, 7) is 28.1. The second-order valence-electron chi connectivity index (χ2n) is 29.9. The summed E-state index contributed by atoms with van der Waals surface area (Å²) in [6.07, 6.45) is 1.74. The SMILES string of the molecule is CC[C@@H]1NC(=O)[C@H]([C@@H]2O[C@@H](Sc3cccc(OCc4ccc(=O)n(C)c4)c3)C[C@H]2C)N(C)C(=O)[C@H](C(C)C)N(C)C(=O)[C@H](CC(C)C)N(C)C(=O)[C@H](CC(C)C)N(C)C(=O)[C@@H](C)NC(=O)[C@H](C)NC(=O)[C@H](CC(C)C)N(C)C(=O)[C@H](C(C)C)NC(=O)[C@H](CC(C)C)N(C)C(=O)CN(C)C1=O. The van der Waals surface area contributed by atoms with Crippen molar-refractivity contribution in [3.63, 3.8) is 0 Å². The van der Waals surface area contributed by atoms with Gasteiger partial charge in [0, 0.05) is 79.1 Å². The Labute approximate surface area is 597 Å². The number of pyridine rings is 1. The molecule has 0 radical (unpaired) electrons. The molecule has 0 saturated carbocycles. The minimum absolute atomic E-state index is 0.0329. The molecule has 27 heteroatoms. The van der Waals surface area contributed by atoms with Gasteiger partial charge in [0.1, 0.15) is 78.2 Å². The number of rotatable bonds is 17. The number of nitrogens with one attached hydrogen (secondary N) is 4. The second-order valence-corrected chi connectivity index (χ2v) is 31.2. The lowest BCUT2D eigenvalue weighted by atomic mass is 9.93. The van der Waals surface area contributed by atoms with Crippen molar-refractivity contribution in [1.29, 1.82) is 0 Å². The molecule has 0 spiro atoms. The number of ether oxygens (including phenoxy) is 2. The van der Waals surface area contributed by atoms with E-state index >= 15 is 19.2 Å². The fourth-order valence-electron chi connectivity index (χ4n) is 12.8. The normalized spacial score (nSPS) is 26.8. The summed E-state index contributed by atoms with van der Waals surface area (Å²) in [6, 6.07) is -1.67. The molecular weight excluding hydrogens is 1300 g/mol. The van der Waals surface area contributed by atoms with Crippen LogP contribution in [-0.2, 0) is 71.1 Å². The summed E-state index contributed by atoms with van der Waals surface area (Å²) >= 11 is 1.39. The Morgan fingerprint density at radius 1 is 0.520 bits per heavy atom. The molecule has 0 aliphatic carbocycles. The van der Waals surface area contributed by atoms with Crippen molar-refractivity contribution < 1.29 is 62.2 Å². The van der Waals surface area contributed by atoms with Crippen LogP contribution >= 0.6 is 11.8 Å². The lowest BCUT2D eigenvalue weighted by Gasteiger charge is -2.41. The maximum atomic E-state index is 15.7. The molecule has 3 heterocycles. The van der Waals surface area contributed by atoms with Crippen molar-refractivity contribution in [3.8, 4) is 5.75 Å². The van der Waals surface area contributed by atoms with Gasteiger partial charge in [-0.15, -0.1) is 0 Å². The predicted octanol–water partition coefficient (Wildman–Crippen LogP) is 5.13. The molecule has 2 saturated heterocycles. The average molecular weight is 1420 g/mol. The van der Waals surface area contributed by atoms with Crippen molar-refractivity contribution in [1.82, 2.24) is 60.1 Å². The molecule has 560 valence electrons. The summed E-state index contributed by atoms with van der Waals surface area (Å²) in [5, 5.41) is 11.2. The highest BCUT2D eigenvalue weighted by atomic mass is 32.2. The third-order valence-electron chi connectivity index (χ3n) is 18.8. The highest BCUT2D eigenvalue weighted by Crippen LogP contribution is 2.40. The van der Waals surface area contributed by atoms with Crippen molar-refractivity contribution in [2.75, 3.05) is 55.9 Å². The van der Waals surface area contributed by atoms with E-state index in [-0.39, 0.29) is 67.9 Å². The van der Waals surface area contributed by atoms with Gasteiger partial charge < -0.3 is 69.6 Å². The van der Waals surface area contributed by atoms with Crippen LogP contribution in [0.5, 0.6) is 5.75 Å². The molecule has 4 N–H and O–H groups in total. The van der Waals surface area contributed by atoms with Gasteiger partial charge in [0.25, 0.3) is 0 Å². The Morgan fingerprint density at radius 3 is 1.56 bits per heavy atom. The molecule has 13 atom stereocenters. The largest absolute Gasteiger partial charge is 0.489 e. The van der Waals surface area contributed by atoms with Crippen LogP contribution in [0.3, 0.4) is 0 Å². The third-order valence-corrected chi connectivity index (χ3v) is 19.9. The Balaban J connectivity index is 1.89. The van der Waals surface area contributed by atoms with Gasteiger partial charge in [-0.05, 0) is 118 Å². The van der Waals surface area contributed by atoms with Crippen molar-refractivity contribution in [2.24, 2.45) is 48.5 Å². The zero-order chi connectivity index (χ0) is 75.8. The Bertz CT molecular complexity index is 3250. The number of carbonyl (C=O) groups is 11. The van der Waals surface area contributed by atoms with Gasteiger partial charge in [-0.25, -0.2) is 0 Å². The van der Waals surface area contributed by atoms with E-state index in [0.717, 1.165) is 15.4 Å². The lowest BCUT2D eigenvalue weighted by Crippen LogP contribution is -2.63. The number of hydrogen-bond acceptors (Lipinski definition) is 15. The predicted molar refractivity (Wildman–Crippen MR) is 385 cm³/mol. The number of amides is 11. The summed E-state index contributed by atoms with van der Waals surface area (Å²) in [5.74, 6) is -8.78. The van der Waals surface area contributed by atoms with Crippen LogP contribution in [0, 0.1) is 41.4 Å². The highest BCUT2D eigenvalue weighted by molar-refractivity contribution is 7.99. The molecular formula is C73H118N12O14S. The minimum atomic E-state index is -1.43. The Hall–Kier alpha value is -7.55. The average Bonchev–Trinajstić information content (AvgIpc) is 1.74. The summed E-state index contributed by atoms with van der Waals surface area (Å²) < 4.78 is 14.5. The van der Waals surface area contributed by atoms with E-state index in [1.165, 1.54) is 115 Å². The zero-order valence-electron chi connectivity index (χ0n) is 63.9. The van der Waals surface area contributed by atoms with E-state index in [1.807, 2.05) is 80.5 Å². The van der Waals surface area contributed by atoms with E-state index < -0.39 is 161 Å². The minimum Gasteiger partial charge on any atom is -0.489 e. The molecule has 4 rings (SSSR count). The van der Waals surface area contributed by atoms with Crippen LogP contribution in [-0.4, -0.2) is 232 Å². The standard InChI is InChI=1S/C73H118N12O14S/c1-25-52-69(93)79(18)38-58(87)80(19)53(31-40(2)3)66(90)77-60(44(10)11)72(96)81(20)54(32-41(4)5)65(89)74-47(15)64(88)75-48(16)68(92)82(21)55(33-42(6)7)70(94)83(22)56(34-43(8)9)71(95)84(23)61(45(12)13)73(97)85(24)62(67(91)76-52)63-46(14)35-59(99-63)100-51-28-26-27-50(36-51)98-39-49-29-30-57(86)78(17)37-49/h26-30,36-37,40-48,52-56,59-63H,25,31-35,38-39H2,1-24H3,(H,74,89)(H,75,88)(H,76,91)(H,77,90)/t46-,47+,48-,52+,53+,54+,55+,56+,59+,60+,61+,62+,63-/m1/s1. The van der Waals surface area contributed by atoms with Gasteiger partial charge >= 0.3 is 0 Å². The van der Waals surface area contributed by atoms with E-state index in [9.17, 15) is 38.4 Å². The van der Waals surface area contributed by atoms with Crippen molar-refractivity contribution in [3.05, 3.63) is 58.5 Å². The van der Waals surface area contributed by atoms with Gasteiger partial charge in [0.05, 0.1) is 12.6 Å². The third kappa shape index (κ3) is 22.7. The van der Waals surface area contributed by atoms with Crippen LogP contribution in [0.25, 0.3) is 0 Å².